The summed E-state index contributed by atoms with van der Waals surface area (Å²) < 4.78 is 26.8. The van der Waals surface area contributed by atoms with Crippen LogP contribution >= 0.6 is 24.0 Å². The molecule has 0 atom stereocenters. The summed E-state index contributed by atoms with van der Waals surface area (Å²) in [5.74, 6) is 1.34. The van der Waals surface area contributed by atoms with E-state index in [0.29, 0.717) is 19.0 Å². The van der Waals surface area contributed by atoms with Gasteiger partial charge in [0, 0.05) is 52.7 Å². The number of aryl methyl sites for hydroxylation is 1. The Hall–Kier alpha value is -0.810. The van der Waals surface area contributed by atoms with Crippen LogP contribution in [0.3, 0.4) is 0 Å². The molecule has 0 saturated carbocycles. The Morgan fingerprint density at radius 1 is 1.40 bits per heavy atom. The van der Waals surface area contributed by atoms with Gasteiger partial charge in [0.15, 0.2) is 5.96 Å². The Kier molecular flexibility index (Phi) is 8.69. The van der Waals surface area contributed by atoms with Crippen molar-refractivity contribution in [2.75, 3.05) is 40.0 Å². The van der Waals surface area contributed by atoms with E-state index in [4.69, 9.17) is 0 Å². The third-order valence-electron chi connectivity index (χ3n) is 4.62. The van der Waals surface area contributed by atoms with E-state index in [2.05, 4.69) is 25.8 Å². The molecule has 1 aromatic rings. The van der Waals surface area contributed by atoms with Crippen molar-refractivity contribution >= 4 is 40.0 Å². The lowest BCUT2D eigenvalue weighted by molar-refractivity contribution is 0.273. The second kappa shape index (κ2) is 9.77. The molecule has 144 valence electrons. The maximum Gasteiger partial charge on any atom is 0.211 e. The van der Waals surface area contributed by atoms with E-state index in [1.807, 2.05) is 26.4 Å². The molecule has 0 aromatic carbocycles. The number of hydrogen-bond donors (Lipinski definition) is 1. The first-order valence-electron chi connectivity index (χ1n) is 8.28. The smallest absolute Gasteiger partial charge is 0.211 e. The van der Waals surface area contributed by atoms with Gasteiger partial charge < -0.3 is 14.8 Å². The quantitative estimate of drug-likeness (QED) is 0.390. The number of hydrogen-bond acceptors (Lipinski definition) is 3. The highest BCUT2D eigenvalue weighted by atomic mass is 127. The SMILES string of the molecule is CN=C(NCC1CCN(S(C)(=O)=O)CC1)N(C)Cc1cccn1C.I. The predicted octanol–water partition coefficient (Wildman–Crippen LogP) is 1.32. The number of halogens is 1. The molecular formula is C16H30IN5O2S. The normalized spacial score (nSPS) is 17.2. The van der Waals surface area contributed by atoms with Crippen molar-refractivity contribution in [3.63, 3.8) is 0 Å². The molecule has 2 heterocycles. The summed E-state index contributed by atoms with van der Waals surface area (Å²) in [6, 6.07) is 4.14. The van der Waals surface area contributed by atoms with Crippen molar-refractivity contribution in [3.8, 4) is 0 Å². The molecule has 2 rings (SSSR count). The molecule has 0 radical (unpaired) electrons. The Morgan fingerprint density at radius 2 is 2.04 bits per heavy atom. The van der Waals surface area contributed by atoms with Gasteiger partial charge in [0.25, 0.3) is 0 Å². The van der Waals surface area contributed by atoms with Crippen LogP contribution in [0.25, 0.3) is 0 Å². The van der Waals surface area contributed by atoms with Gasteiger partial charge in [0.05, 0.1) is 12.8 Å². The van der Waals surface area contributed by atoms with Crippen LogP contribution in [0.1, 0.15) is 18.5 Å². The number of sulfonamides is 1. The Bertz CT molecular complexity index is 666. The number of aromatic nitrogens is 1. The van der Waals surface area contributed by atoms with Crippen LogP contribution in [0.4, 0.5) is 0 Å². The number of piperidine rings is 1. The second-order valence-corrected chi connectivity index (χ2v) is 8.48. The standard InChI is InChI=1S/C16H29N5O2S.HI/c1-17-16(20(3)13-15-6-5-9-19(15)2)18-12-14-7-10-21(11-8-14)24(4,22)23;/h5-6,9,14H,7-8,10-13H2,1-4H3,(H,17,18);1H. The van der Waals surface area contributed by atoms with Crippen molar-refractivity contribution in [1.82, 2.24) is 19.1 Å². The first-order valence-corrected chi connectivity index (χ1v) is 10.1. The van der Waals surface area contributed by atoms with Crippen LogP contribution in [0, 0.1) is 5.92 Å². The first-order chi connectivity index (χ1) is 11.3. The van der Waals surface area contributed by atoms with Crippen LogP contribution < -0.4 is 5.32 Å². The van der Waals surface area contributed by atoms with Gasteiger partial charge in [0.1, 0.15) is 0 Å². The number of guanidine groups is 1. The summed E-state index contributed by atoms with van der Waals surface area (Å²) in [6.07, 6.45) is 5.10. The van der Waals surface area contributed by atoms with Gasteiger partial charge in [-0.2, -0.15) is 0 Å². The minimum Gasteiger partial charge on any atom is -0.356 e. The number of nitrogens with one attached hydrogen (secondary N) is 1. The molecule has 1 aliphatic heterocycles. The molecule has 0 spiro atoms. The summed E-state index contributed by atoms with van der Waals surface area (Å²) in [5.41, 5.74) is 1.22. The average Bonchev–Trinajstić information content (AvgIpc) is 2.92. The molecule has 1 aliphatic rings. The third-order valence-corrected chi connectivity index (χ3v) is 5.92. The largest absolute Gasteiger partial charge is 0.356 e. The van der Waals surface area contributed by atoms with Crippen molar-refractivity contribution in [2.24, 2.45) is 18.0 Å². The van der Waals surface area contributed by atoms with E-state index in [1.54, 1.807) is 11.4 Å². The van der Waals surface area contributed by atoms with Crippen LogP contribution in [0.5, 0.6) is 0 Å². The summed E-state index contributed by atoms with van der Waals surface area (Å²) in [7, 11) is 2.79. The van der Waals surface area contributed by atoms with E-state index in [-0.39, 0.29) is 24.0 Å². The van der Waals surface area contributed by atoms with Gasteiger partial charge in [-0.25, -0.2) is 12.7 Å². The Labute approximate surface area is 168 Å². The summed E-state index contributed by atoms with van der Waals surface area (Å²) in [4.78, 5) is 6.45. The zero-order valence-electron chi connectivity index (χ0n) is 15.5. The molecule has 1 N–H and O–H groups in total. The fourth-order valence-electron chi connectivity index (χ4n) is 3.04. The van der Waals surface area contributed by atoms with Gasteiger partial charge in [0.2, 0.25) is 10.0 Å². The average molecular weight is 483 g/mol. The molecule has 0 unspecified atom stereocenters. The van der Waals surface area contributed by atoms with Gasteiger partial charge in [-0.1, -0.05) is 0 Å². The van der Waals surface area contributed by atoms with Crippen LogP contribution in [0.15, 0.2) is 23.3 Å². The topological polar surface area (TPSA) is 69.9 Å². The fourth-order valence-corrected chi connectivity index (χ4v) is 3.92. The highest BCUT2D eigenvalue weighted by Gasteiger charge is 2.25. The van der Waals surface area contributed by atoms with Gasteiger partial charge >= 0.3 is 0 Å². The zero-order chi connectivity index (χ0) is 17.7. The van der Waals surface area contributed by atoms with Crippen molar-refractivity contribution in [3.05, 3.63) is 24.0 Å². The first kappa shape index (κ1) is 22.2. The molecule has 7 nitrogen and oxygen atoms in total. The van der Waals surface area contributed by atoms with Crippen molar-refractivity contribution in [2.45, 2.75) is 19.4 Å². The second-order valence-electron chi connectivity index (χ2n) is 6.50. The van der Waals surface area contributed by atoms with Crippen LogP contribution in [0.2, 0.25) is 0 Å². The van der Waals surface area contributed by atoms with Crippen LogP contribution in [-0.2, 0) is 23.6 Å². The van der Waals surface area contributed by atoms with E-state index >= 15 is 0 Å². The molecule has 0 amide bonds. The van der Waals surface area contributed by atoms with E-state index in [1.165, 1.54) is 11.9 Å². The van der Waals surface area contributed by atoms with E-state index in [9.17, 15) is 8.42 Å². The molecule has 9 heteroatoms. The maximum absolute atomic E-state index is 11.6. The predicted molar refractivity (Wildman–Crippen MR) is 113 cm³/mol. The van der Waals surface area contributed by atoms with Gasteiger partial charge in [-0.05, 0) is 30.9 Å². The number of aliphatic imine (C=N–C) groups is 1. The molecule has 25 heavy (non-hydrogen) atoms. The fraction of sp³-hybridized carbons (Fsp3) is 0.688. The molecule has 1 fully saturated rings. The molecule has 1 aromatic heterocycles. The van der Waals surface area contributed by atoms with E-state index in [0.717, 1.165) is 31.9 Å². The van der Waals surface area contributed by atoms with Gasteiger partial charge in [-0.15, -0.1) is 24.0 Å². The zero-order valence-corrected chi connectivity index (χ0v) is 18.6. The molecule has 0 bridgehead atoms. The highest BCUT2D eigenvalue weighted by molar-refractivity contribution is 14.0. The summed E-state index contributed by atoms with van der Waals surface area (Å²) in [5, 5.41) is 3.42. The summed E-state index contributed by atoms with van der Waals surface area (Å²) >= 11 is 0. The maximum atomic E-state index is 11.6. The Balaban J connectivity index is 0.00000312. The lowest BCUT2D eigenvalue weighted by atomic mass is 9.98. The third kappa shape index (κ3) is 6.45. The minimum absolute atomic E-state index is 0. The van der Waals surface area contributed by atoms with Crippen molar-refractivity contribution in [1.29, 1.82) is 0 Å². The van der Waals surface area contributed by atoms with Gasteiger partial charge in [-0.3, -0.25) is 4.99 Å². The number of nitrogens with zero attached hydrogens (tertiary/aromatic N) is 4. The lowest BCUT2D eigenvalue weighted by Gasteiger charge is -2.31. The van der Waals surface area contributed by atoms with Crippen LogP contribution in [-0.4, -0.2) is 68.1 Å². The van der Waals surface area contributed by atoms with Crippen molar-refractivity contribution < 1.29 is 8.42 Å². The molecular weight excluding hydrogens is 453 g/mol. The summed E-state index contributed by atoms with van der Waals surface area (Å²) in [6.45, 7) is 2.84. The Morgan fingerprint density at radius 3 is 2.52 bits per heavy atom. The molecule has 1 saturated heterocycles. The minimum atomic E-state index is -3.05. The number of rotatable bonds is 5. The lowest BCUT2D eigenvalue weighted by Crippen LogP contribution is -2.44. The highest BCUT2D eigenvalue weighted by Crippen LogP contribution is 2.18. The monoisotopic (exact) mass is 483 g/mol. The molecule has 0 aliphatic carbocycles. The van der Waals surface area contributed by atoms with E-state index < -0.39 is 10.0 Å².